The monoisotopic (exact) mass is 615 g/mol. The molecule has 0 unspecified atom stereocenters. The van der Waals surface area contributed by atoms with Gasteiger partial charge in [0.05, 0.1) is 45.1 Å². The molecule has 1 aliphatic heterocycles. The van der Waals surface area contributed by atoms with E-state index in [4.69, 9.17) is 15.2 Å². The summed E-state index contributed by atoms with van der Waals surface area (Å²) in [7, 11) is 1.53. The van der Waals surface area contributed by atoms with E-state index in [0.29, 0.717) is 43.2 Å². The number of aliphatic hydroxyl groups excluding tert-OH is 1. The minimum atomic E-state index is -2.75. The Morgan fingerprint density at radius 2 is 1.57 bits per heavy atom. The SMILES string of the molecule is COc1ccc(C[C@H](NC(=O)[C@@H](C)NC(=O)CN2CCOCC2)C(=O)N[C@@H](Cc2ccccc2)C(O)(O)[C@@](C)(N)CO)cc1. The summed E-state index contributed by atoms with van der Waals surface area (Å²) in [5.74, 6) is -3.81. The van der Waals surface area contributed by atoms with Gasteiger partial charge in [0, 0.05) is 19.5 Å². The van der Waals surface area contributed by atoms with Gasteiger partial charge in [-0.1, -0.05) is 42.5 Å². The number of morpholine rings is 1. The highest BCUT2D eigenvalue weighted by Crippen LogP contribution is 2.24. The van der Waals surface area contributed by atoms with Crippen molar-refractivity contribution in [2.24, 2.45) is 5.73 Å². The average Bonchev–Trinajstić information content (AvgIpc) is 3.01. The number of hydrogen-bond acceptors (Lipinski definition) is 10. The summed E-state index contributed by atoms with van der Waals surface area (Å²) in [6.45, 7) is 4.37. The Balaban J connectivity index is 1.81. The number of carbonyl (C=O) groups is 3. The van der Waals surface area contributed by atoms with Crippen LogP contribution in [0.3, 0.4) is 0 Å². The van der Waals surface area contributed by atoms with E-state index in [1.54, 1.807) is 54.6 Å². The van der Waals surface area contributed by atoms with Crippen molar-refractivity contribution in [2.45, 2.75) is 56.1 Å². The smallest absolute Gasteiger partial charge is 0.243 e. The first-order valence-corrected chi connectivity index (χ1v) is 14.6. The molecule has 0 aliphatic carbocycles. The van der Waals surface area contributed by atoms with E-state index >= 15 is 0 Å². The zero-order valence-corrected chi connectivity index (χ0v) is 25.5. The summed E-state index contributed by atoms with van der Waals surface area (Å²) in [4.78, 5) is 41.6. The average molecular weight is 616 g/mol. The maximum atomic E-state index is 13.8. The molecule has 0 aromatic heterocycles. The van der Waals surface area contributed by atoms with Crippen LogP contribution in [0.4, 0.5) is 0 Å². The first-order chi connectivity index (χ1) is 20.9. The standard InChI is InChI=1S/C31H45N5O8/c1-21(33-27(38)19-36-13-15-44-16-14-36)28(39)34-25(17-23-9-11-24(43-3)12-10-23)29(40)35-26(18-22-7-5-4-6-8-22)31(41,42)30(2,32)20-37/h4-12,21,25-26,37,41-42H,13-20,32H2,1-3H3,(H,33,38)(H,34,39)(H,35,40)/t21-,25+,26+,30+/m1/s1. The van der Waals surface area contributed by atoms with Crippen molar-refractivity contribution in [3.05, 3.63) is 65.7 Å². The first kappa shape index (κ1) is 34.9. The van der Waals surface area contributed by atoms with Crippen LogP contribution in [0.15, 0.2) is 54.6 Å². The lowest BCUT2D eigenvalue weighted by Gasteiger charge is -2.42. The van der Waals surface area contributed by atoms with E-state index in [9.17, 15) is 29.7 Å². The van der Waals surface area contributed by atoms with Crippen LogP contribution < -0.4 is 26.4 Å². The third-order valence-corrected chi connectivity index (χ3v) is 7.73. The van der Waals surface area contributed by atoms with Gasteiger partial charge in [0.1, 0.15) is 17.8 Å². The third-order valence-electron chi connectivity index (χ3n) is 7.73. The van der Waals surface area contributed by atoms with Gasteiger partial charge in [-0.25, -0.2) is 0 Å². The summed E-state index contributed by atoms with van der Waals surface area (Å²) in [5.41, 5.74) is 5.50. The van der Waals surface area contributed by atoms with Gasteiger partial charge < -0.3 is 46.5 Å². The fraction of sp³-hybridized carbons (Fsp3) is 0.516. The summed E-state index contributed by atoms with van der Waals surface area (Å²) in [6.07, 6.45) is 0.00138. The number of aliphatic hydroxyl groups is 3. The Morgan fingerprint density at radius 1 is 0.955 bits per heavy atom. The Bertz CT molecular complexity index is 1220. The lowest BCUT2D eigenvalue weighted by Crippen LogP contribution is -2.71. The molecule has 44 heavy (non-hydrogen) atoms. The van der Waals surface area contributed by atoms with Gasteiger partial charge in [0.25, 0.3) is 0 Å². The van der Waals surface area contributed by atoms with Crippen LogP contribution in [0.25, 0.3) is 0 Å². The number of ether oxygens (including phenoxy) is 2. The molecule has 0 bridgehead atoms. The molecule has 3 rings (SSSR count). The maximum absolute atomic E-state index is 13.8. The maximum Gasteiger partial charge on any atom is 0.243 e. The molecule has 13 nitrogen and oxygen atoms in total. The van der Waals surface area contributed by atoms with E-state index in [1.807, 2.05) is 4.90 Å². The number of carbonyl (C=O) groups excluding carboxylic acids is 3. The minimum Gasteiger partial charge on any atom is -0.497 e. The van der Waals surface area contributed by atoms with Crippen molar-refractivity contribution in [2.75, 3.05) is 46.6 Å². The quantitative estimate of drug-likeness (QED) is 0.118. The fourth-order valence-corrected chi connectivity index (χ4v) is 4.75. The molecule has 8 N–H and O–H groups in total. The lowest BCUT2D eigenvalue weighted by atomic mass is 9.84. The number of benzene rings is 2. The van der Waals surface area contributed by atoms with Crippen molar-refractivity contribution < 1.29 is 39.2 Å². The lowest BCUT2D eigenvalue weighted by molar-refractivity contribution is -0.232. The largest absolute Gasteiger partial charge is 0.497 e. The molecular weight excluding hydrogens is 570 g/mol. The van der Waals surface area contributed by atoms with Gasteiger partial charge in [-0.15, -0.1) is 0 Å². The second-order valence-electron chi connectivity index (χ2n) is 11.3. The molecule has 0 saturated carbocycles. The first-order valence-electron chi connectivity index (χ1n) is 14.6. The summed E-state index contributed by atoms with van der Waals surface area (Å²) < 4.78 is 10.5. The van der Waals surface area contributed by atoms with Crippen LogP contribution in [0.2, 0.25) is 0 Å². The molecule has 0 spiro atoms. The zero-order chi connectivity index (χ0) is 32.3. The molecule has 2 aromatic rings. The van der Waals surface area contributed by atoms with E-state index in [1.165, 1.54) is 21.0 Å². The van der Waals surface area contributed by atoms with Gasteiger partial charge in [-0.05, 0) is 43.5 Å². The van der Waals surface area contributed by atoms with Gasteiger partial charge in [0.15, 0.2) is 0 Å². The molecule has 1 aliphatic rings. The van der Waals surface area contributed by atoms with Crippen molar-refractivity contribution in [1.29, 1.82) is 0 Å². The predicted molar refractivity (Wildman–Crippen MR) is 162 cm³/mol. The van der Waals surface area contributed by atoms with Gasteiger partial charge >= 0.3 is 0 Å². The number of nitrogens with one attached hydrogen (secondary N) is 3. The second kappa shape index (κ2) is 15.9. The molecule has 3 amide bonds. The fourth-order valence-electron chi connectivity index (χ4n) is 4.75. The molecule has 1 fully saturated rings. The molecule has 242 valence electrons. The Hall–Kier alpha value is -3.59. The molecule has 2 aromatic carbocycles. The summed E-state index contributed by atoms with van der Waals surface area (Å²) in [5, 5.41) is 40.1. The number of nitrogens with zero attached hydrogens (tertiary/aromatic N) is 1. The highest BCUT2D eigenvalue weighted by atomic mass is 16.5. The minimum absolute atomic E-state index is 0.0381. The number of methoxy groups -OCH3 is 1. The van der Waals surface area contributed by atoms with Crippen LogP contribution in [-0.2, 0) is 32.0 Å². The molecule has 0 radical (unpaired) electrons. The predicted octanol–water partition coefficient (Wildman–Crippen LogP) is -1.32. The van der Waals surface area contributed by atoms with Crippen LogP contribution >= 0.6 is 0 Å². The second-order valence-corrected chi connectivity index (χ2v) is 11.3. The topological polar surface area (TPSA) is 196 Å². The van der Waals surface area contributed by atoms with Crippen molar-refractivity contribution in [1.82, 2.24) is 20.9 Å². The van der Waals surface area contributed by atoms with Crippen LogP contribution in [0, 0.1) is 0 Å². The molecule has 13 heteroatoms. The molecule has 1 saturated heterocycles. The Labute approximate surface area is 257 Å². The van der Waals surface area contributed by atoms with Crippen molar-refractivity contribution >= 4 is 17.7 Å². The van der Waals surface area contributed by atoms with E-state index < -0.39 is 47.9 Å². The van der Waals surface area contributed by atoms with Crippen LogP contribution in [0.5, 0.6) is 5.75 Å². The molecular formula is C31H45N5O8. The van der Waals surface area contributed by atoms with E-state index in [-0.39, 0.29) is 25.3 Å². The number of rotatable bonds is 15. The highest BCUT2D eigenvalue weighted by Gasteiger charge is 2.49. The molecule has 4 atom stereocenters. The highest BCUT2D eigenvalue weighted by molar-refractivity contribution is 5.92. The van der Waals surface area contributed by atoms with E-state index in [0.717, 1.165) is 0 Å². The Morgan fingerprint density at radius 3 is 2.16 bits per heavy atom. The summed E-state index contributed by atoms with van der Waals surface area (Å²) in [6, 6.07) is 12.2. The van der Waals surface area contributed by atoms with Gasteiger partial charge in [-0.3, -0.25) is 19.3 Å². The van der Waals surface area contributed by atoms with Crippen LogP contribution in [-0.4, -0.2) is 114 Å². The summed E-state index contributed by atoms with van der Waals surface area (Å²) >= 11 is 0. The zero-order valence-electron chi connectivity index (χ0n) is 25.5. The Kier molecular flexibility index (Phi) is 12.6. The van der Waals surface area contributed by atoms with Crippen molar-refractivity contribution in [3.8, 4) is 5.75 Å². The van der Waals surface area contributed by atoms with Crippen molar-refractivity contribution in [3.63, 3.8) is 0 Å². The molecule has 1 heterocycles. The van der Waals surface area contributed by atoms with Crippen LogP contribution in [0.1, 0.15) is 25.0 Å². The number of hydrogen-bond donors (Lipinski definition) is 7. The number of nitrogens with two attached hydrogens (primary N) is 1. The third kappa shape index (κ3) is 9.71. The number of amides is 3. The van der Waals surface area contributed by atoms with Gasteiger partial charge in [0.2, 0.25) is 23.5 Å². The van der Waals surface area contributed by atoms with E-state index in [2.05, 4.69) is 16.0 Å². The normalized spacial score (nSPS) is 17.4. The van der Waals surface area contributed by atoms with Gasteiger partial charge in [-0.2, -0.15) is 0 Å².